The number of nitrogens with two attached hydrogens (primary N) is 1. The highest BCUT2D eigenvalue weighted by molar-refractivity contribution is 7.18. The number of rotatable bonds is 8. The monoisotopic (exact) mass is 459 g/mol. The molecule has 3 aromatic rings. The van der Waals surface area contributed by atoms with Gasteiger partial charge in [0.25, 0.3) is 11.8 Å². The van der Waals surface area contributed by atoms with Crippen LogP contribution in [0.3, 0.4) is 0 Å². The van der Waals surface area contributed by atoms with Crippen LogP contribution in [0.1, 0.15) is 36.1 Å². The van der Waals surface area contributed by atoms with Crippen molar-refractivity contribution in [1.82, 2.24) is 9.78 Å². The number of hydrogen-bond acceptors (Lipinski definition) is 9. The normalized spacial score (nSPS) is 10.4. The molecule has 3 N–H and O–H groups in total. The van der Waals surface area contributed by atoms with Gasteiger partial charge in [-0.05, 0) is 24.6 Å². The maximum Gasteiger partial charge on any atom is 0.341 e. The molecule has 0 aliphatic carbocycles. The molecule has 0 unspecified atom stereocenters. The standard InChI is InChI=1S/C19H17N5O7S/c1-10-14(19(27)30-2)18(32-15(10)16(20)25)21-17(26)11-7-8-23(22-11)9-31-13-6-4-3-5-12(13)24(28)29/h3-8H,9H2,1-2H3,(H2,20,25)(H,21,26). The Morgan fingerprint density at radius 3 is 2.66 bits per heavy atom. The third kappa shape index (κ3) is 4.57. The van der Waals surface area contributed by atoms with Gasteiger partial charge in [0.05, 0.1) is 22.5 Å². The third-order valence-electron chi connectivity index (χ3n) is 4.27. The lowest BCUT2D eigenvalue weighted by atomic mass is 10.1. The van der Waals surface area contributed by atoms with Crippen molar-refractivity contribution in [2.45, 2.75) is 13.7 Å². The van der Waals surface area contributed by atoms with Crippen LogP contribution in [0, 0.1) is 17.0 Å². The SMILES string of the molecule is COC(=O)c1c(NC(=O)c2ccn(COc3ccccc3[N+](=O)[O-])n2)sc(C(N)=O)c1C. The van der Waals surface area contributed by atoms with E-state index in [1.54, 1.807) is 6.07 Å². The van der Waals surface area contributed by atoms with Gasteiger partial charge >= 0.3 is 11.7 Å². The number of esters is 1. The predicted molar refractivity (Wildman–Crippen MR) is 113 cm³/mol. The number of nitro benzene ring substituents is 1. The van der Waals surface area contributed by atoms with Gasteiger partial charge in [-0.1, -0.05) is 12.1 Å². The van der Waals surface area contributed by atoms with Crippen LogP contribution in [-0.2, 0) is 11.5 Å². The number of carbonyl (C=O) groups excluding carboxylic acids is 3. The van der Waals surface area contributed by atoms with Gasteiger partial charge in [-0.15, -0.1) is 11.3 Å². The topological polar surface area (TPSA) is 169 Å². The Labute approximate surface area is 184 Å². The molecule has 166 valence electrons. The molecular weight excluding hydrogens is 442 g/mol. The van der Waals surface area contributed by atoms with E-state index in [2.05, 4.69) is 10.4 Å². The lowest BCUT2D eigenvalue weighted by Gasteiger charge is -2.06. The second kappa shape index (κ2) is 9.26. The first kappa shape index (κ1) is 22.4. The molecule has 0 aliphatic heterocycles. The van der Waals surface area contributed by atoms with Crippen LogP contribution >= 0.6 is 11.3 Å². The van der Waals surface area contributed by atoms with Crippen LogP contribution in [0.5, 0.6) is 5.75 Å². The summed E-state index contributed by atoms with van der Waals surface area (Å²) in [6.45, 7) is 1.34. The molecule has 2 heterocycles. The number of methoxy groups -OCH3 is 1. The number of benzene rings is 1. The molecule has 12 nitrogen and oxygen atoms in total. The molecule has 2 aromatic heterocycles. The number of para-hydroxylation sites is 2. The Bertz CT molecular complexity index is 1220. The van der Waals surface area contributed by atoms with Crippen LogP contribution in [0.2, 0.25) is 0 Å². The summed E-state index contributed by atoms with van der Waals surface area (Å²) in [5.74, 6) is -2.08. The minimum Gasteiger partial charge on any atom is -0.465 e. The molecule has 3 rings (SSSR count). The first-order chi connectivity index (χ1) is 15.2. The maximum absolute atomic E-state index is 12.6. The molecule has 2 amide bonds. The largest absolute Gasteiger partial charge is 0.465 e. The lowest BCUT2D eigenvalue weighted by Crippen LogP contribution is -2.16. The Morgan fingerprint density at radius 1 is 1.28 bits per heavy atom. The van der Waals surface area contributed by atoms with Gasteiger partial charge < -0.3 is 20.5 Å². The van der Waals surface area contributed by atoms with Crippen molar-refractivity contribution < 1.29 is 28.8 Å². The van der Waals surface area contributed by atoms with E-state index in [0.717, 1.165) is 11.3 Å². The zero-order valence-electron chi connectivity index (χ0n) is 16.9. The number of nitro groups is 1. The summed E-state index contributed by atoms with van der Waals surface area (Å²) < 4.78 is 11.4. The summed E-state index contributed by atoms with van der Waals surface area (Å²) in [5, 5.41) is 17.7. The molecule has 0 atom stereocenters. The summed E-state index contributed by atoms with van der Waals surface area (Å²) in [7, 11) is 1.17. The number of primary amides is 1. The first-order valence-electron chi connectivity index (χ1n) is 8.95. The predicted octanol–water partition coefficient (Wildman–Crippen LogP) is 2.34. The molecule has 0 bridgehead atoms. The zero-order chi connectivity index (χ0) is 23.4. The van der Waals surface area contributed by atoms with Gasteiger partial charge in [-0.3, -0.25) is 19.7 Å². The fourth-order valence-electron chi connectivity index (χ4n) is 2.77. The molecule has 1 aromatic carbocycles. The summed E-state index contributed by atoms with van der Waals surface area (Å²) in [6.07, 6.45) is 1.44. The lowest BCUT2D eigenvalue weighted by molar-refractivity contribution is -0.386. The number of nitrogens with zero attached hydrogens (tertiary/aromatic N) is 3. The Morgan fingerprint density at radius 2 is 2.00 bits per heavy atom. The van der Waals surface area contributed by atoms with E-state index in [1.165, 1.54) is 49.2 Å². The Balaban J connectivity index is 1.76. The Kier molecular flexibility index (Phi) is 6.49. The number of hydrogen-bond donors (Lipinski definition) is 2. The van der Waals surface area contributed by atoms with E-state index in [-0.39, 0.29) is 39.3 Å². The van der Waals surface area contributed by atoms with Gasteiger partial charge in [0.15, 0.2) is 18.2 Å². The summed E-state index contributed by atoms with van der Waals surface area (Å²) in [4.78, 5) is 46.9. The van der Waals surface area contributed by atoms with Crippen LogP contribution in [-0.4, -0.2) is 39.6 Å². The average Bonchev–Trinajstić information content (AvgIpc) is 3.36. The summed E-state index contributed by atoms with van der Waals surface area (Å²) >= 11 is 0.849. The molecule has 32 heavy (non-hydrogen) atoms. The zero-order valence-corrected chi connectivity index (χ0v) is 17.7. The summed E-state index contributed by atoms with van der Waals surface area (Å²) in [6, 6.07) is 7.25. The molecule has 0 saturated heterocycles. The van der Waals surface area contributed by atoms with Crippen LogP contribution in [0.15, 0.2) is 36.5 Å². The molecule has 13 heteroatoms. The van der Waals surface area contributed by atoms with Gasteiger partial charge in [0.2, 0.25) is 0 Å². The number of amides is 2. The molecule has 0 aliphatic rings. The van der Waals surface area contributed by atoms with E-state index in [1.807, 2.05) is 0 Å². The van der Waals surface area contributed by atoms with Crippen LogP contribution in [0.4, 0.5) is 10.7 Å². The van der Waals surface area contributed by atoms with Crippen molar-refractivity contribution in [3.8, 4) is 5.75 Å². The minimum atomic E-state index is -0.741. The highest BCUT2D eigenvalue weighted by Gasteiger charge is 2.26. The second-order valence-corrected chi connectivity index (χ2v) is 7.33. The van der Waals surface area contributed by atoms with Crippen molar-refractivity contribution >= 4 is 39.8 Å². The van der Waals surface area contributed by atoms with Gasteiger partial charge in [-0.2, -0.15) is 5.10 Å². The number of anilines is 1. The van der Waals surface area contributed by atoms with Crippen LogP contribution in [0.25, 0.3) is 0 Å². The second-order valence-electron chi connectivity index (χ2n) is 6.31. The van der Waals surface area contributed by atoms with Crippen LogP contribution < -0.4 is 15.8 Å². The highest BCUT2D eigenvalue weighted by atomic mass is 32.1. The quantitative estimate of drug-likeness (QED) is 0.294. The number of ether oxygens (including phenoxy) is 2. The first-order valence-corrected chi connectivity index (χ1v) is 9.77. The molecular formula is C19H17N5O7S. The fraction of sp³-hybridized carbons (Fsp3) is 0.158. The number of nitrogens with one attached hydrogen (secondary N) is 1. The van der Waals surface area contributed by atoms with Crippen molar-refractivity contribution in [2.75, 3.05) is 12.4 Å². The van der Waals surface area contributed by atoms with E-state index >= 15 is 0 Å². The molecule has 0 fully saturated rings. The van der Waals surface area contributed by atoms with E-state index in [0.29, 0.717) is 5.56 Å². The number of carbonyl (C=O) groups is 3. The smallest absolute Gasteiger partial charge is 0.341 e. The van der Waals surface area contributed by atoms with E-state index in [4.69, 9.17) is 15.2 Å². The average molecular weight is 459 g/mol. The van der Waals surface area contributed by atoms with Crippen molar-refractivity contribution in [3.63, 3.8) is 0 Å². The highest BCUT2D eigenvalue weighted by Crippen LogP contribution is 2.33. The fourth-order valence-corrected chi connectivity index (χ4v) is 3.81. The van der Waals surface area contributed by atoms with E-state index in [9.17, 15) is 24.5 Å². The number of thiophene rings is 1. The van der Waals surface area contributed by atoms with Gasteiger partial charge in [0, 0.05) is 12.3 Å². The third-order valence-corrected chi connectivity index (χ3v) is 5.50. The molecule has 0 spiro atoms. The Hall–Kier alpha value is -4.26. The molecule has 0 radical (unpaired) electrons. The summed E-state index contributed by atoms with van der Waals surface area (Å²) in [5.41, 5.74) is 5.44. The van der Waals surface area contributed by atoms with E-state index < -0.39 is 22.7 Å². The van der Waals surface area contributed by atoms with Crippen molar-refractivity contribution in [3.05, 3.63) is 68.3 Å². The molecule has 0 saturated carbocycles. The maximum atomic E-state index is 12.6. The number of aromatic nitrogens is 2. The van der Waals surface area contributed by atoms with Gasteiger partial charge in [-0.25, -0.2) is 9.48 Å². The minimum absolute atomic E-state index is 0.0151. The van der Waals surface area contributed by atoms with Crippen molar-refractivity contribution in [2.24, 2.45) is 5.73 Å². The van der Waals surface area contributed by atoms with Crippen molar-refractivity contribution in [1.29, 1.82) is 0 Å². The van der Waals surface area contributed by atoms with Gasteiger partial charge in [0.1, 0.15) is 5.00 Å².